The van der Waals surface area contributed by atoms with Crippen LogP contribution in [0.1, 0.15) is 36.0 Å². The molecule has 0 heterocycles. The smallest absolute Gasteiger partial charge is 0.255 e. The second kappa shape index (κ2) is 7.13. The molecule has 6 heteroatoms. The van der Waals surface area contributed by atoms with E-state index in [0.717, 1.165) is 25.7 Å². The van der Waals surface area contributed by atoms with Crippen LogP contribution in [0.15, 0.2) is 16.6 Å². The maximum atomic E-state index is 12.5. The summed E-state index contributed by atoms with van der Waals surface area (Å²) in [4.78, 5) is 12.5. The van der Waals surface area contributed by atoms with Gasteiger partial charge in [0.15, 0.2) is 0 Å². The van der Waals surface area contributed by atoms with Gasteiger partial charge < -0.3 is 19.9 Å². The van der Waals surface area contributed by atoms with Gasteiger partial charge >= 0.3 is 0 Å². The van der Waals surface area contributed by atoms with Crippen LogP contribution in [0.2, 0.25) is 0 Å². The molecule has 1 aromatic carbocycles. The zero-order chi connectivity index (χ0) is 15.4. The molecule has 2 rings (SSSR count). The van der Waals surface area contributed by atoms with E-state index >= 15 is 0 Å². The van der Waals surface area contributed by atoms with Crippen LogP contribution in [-0.4, -0.2) is 37.4 Å². The van der Waals surface area contributed by atoms with Crippen molar-refractivity contribution in [3.05, 3.63) is 22.2 Å². The molecule has 0 spiro atoms. The van der Waals surface area contributed by atoms with E-state index in [1.165, 1.54) is 7.11 Å². The minimum atomic E-state index is -0.484. The highest BCUT2D eigenvalue weighted by Crippen LogP contribution is 2.33. The number of amides is 1. The Morgan fingerprint density at radius 2 is 2.00 bits per heavy atom. The minimum absolute atomic E-state index is 0.207. The van der Waals surface area contributed by atoms with Crippen molar-refractivity contribution < 1.29 is 19.4 Å². The molecule has 0 aliphatic heterocycles. The third-order valence-electron chi connectivity index (χ3n) is 3.75. The second-order valence-electron chi connectivity index (χ2n) is 5.12. The first kappa shape index (κ1) is 16.1. The molecule has 2 atom stereocenters. The average molecular weight is 358 g/mol. The quantitative estimate of drug-likeness (QED) is 0.868. The Morgan fingerprint density at radius 1 is 1.29 bits per heavy atom. The molecule has 0 saturated heterocycles. The fraction of sp³-hybridized carbons (Fsp3) is 0.533. The third-order valence-corrected chi connectivity index (χ3v) is 4.34. The summed E-state index contributed by atoms with van der Waals surface area (Å²) in [6.45, 7) is 0. The van der Waals surface area contributed by atoms with Crippen LogP contribution in [0, 0.1) is 0 Å². The zero-order valence-electron chi connectivity index (χ0n) is 12.2. The number of aliphatic hydroxyl groups excluding tert-OH is 1. The van der Waals surface area contributed by atoms with Gasteiger partial charge in [-0.15, -0.1) is 0 Å². The number of hydrogen-bond acceptors (Lipinski definition) is 4. The van der Waals surface area contributed by atoms with Crippen molar-refractivity contribution in [3.8, 4) is 11.5 Å². The van der Waals surface area contributed by atoms with Gasteiger partial charge in [0.1, 0.15) is 11.5 Å². The summed E-state index contributed by atoms with van der Waals surface area (Å²) in [5.74, 6) is 0.757. The molecule has 0 radical (unpaired) electrons. The van der Waals surface area contributed by atoms with E-state index in [1.54, 1.807) is 19.2 Å². The van der Waals surface area contributed by atoms with Crippen molar-refractivity contribution in [2.75, 3.05) is 14.2 Å². The summed E-state index contributed by atoms with van der Waals surface area (Å²) in [7, 11) is 3.06. The standard InChI is InChI=1S/C15H20BrNO4/c1-20-9-7-10(14(21-2)11(16)8-9)15(19)17-12-5-3-4-6-13(12)18/h7-8,12-13,18H,3-6H2,1-2H3,(H,17,19)/t12-,13-/m1/s1. The maximum Gasteiger partial charge on any atom is 0.255 e. The van der Waals surface area contributed by atoms with Crippen molar-refractivity contribution in [2.45, 2.75) is 37.8 Å². The number of rotatable bonds is 4. The largest absolute Gasteiger partial charge is 0.497 e. The summed E-state index contributed by atoms with van der Waals surface area (Å²) in [5, 5.41) is 12.9. The van der Waals surface area contributed by atoms with Crippen LogP contribution in [-0.2, 0) is 0 Å². The Balaban J connectivity index is 2.23. The van der Waals surface area contributed by atoms with E-state index in [1.807, 2.05) is 0 Å². The van der Waals surface area contributed by atoms with E-state index < -0.39 is 6.10 Å². The molecule has 5 nitrogen and oxygen atoms in total. The molecule has 0 bridgehead atoms. The molecule has 1 fully saturated rings. The van der Waals surface area contributed by atoms with Gasteiger partial charge in [-0.3, -0.25) is 4.79 Å². The van der Waals surface area contributed by atoms with Crippen LogP contribution >= 0.6 is 15.9 Å². The van der Waals surface area contributed by atoms with Gasteiger partial charge in [-0.05, 0) is 40.9 Å². The fourth-order valence-corrected chi connectivity index (χ4v) is 3.19. The second-order valence-corrected chi connectivity index (χ2v) is 5.98. The Labute approximate surface area is 132 Å². The van der Waals surface area contributed by atoms with Crippen molar-refractivity contribution in [1.29, 1.82) is 0 Å². The number of benzene rings is 1. The molecule has 1 aliphatic carbocycles. The Kier molecular flexibility index (Phi) is 5.47. The normalized spacial score (nSPS) is 21.7. The molecule has 0 unspecified atom stereocenters. The SMILES string of the molecule is COc1cc(Br)c(OC)c(C(=O)N[C@@H]2CCCC[C@H]2O)c1. The predicted molar refractivity (Wildman–Crippen MR) is 83.0 cm³/mol. The lowest BCUT2D eigenvalue weighted by Gasteiger charge is -2.28. The first-order valence-electron chi connectivity index (χ1n) is 6.97. The fourth-order valence-electron chi connectivity index (χ4n) is 2.59. The molecular weight excluding hydrogens is 338 g/mol. The summed E-state index contributed by atoms with van der Waals surface area (Å²) in [6.07, 6.45) is 3.05. The average Bonchev–Trinajstić information content (AvgIpc) is 2.48. The Morgan fingerprint density at radius 3 is 2.62 bits per heavy atom. The number of halogens is 1. The number of methoxy groups -OCH3 is 2. The van der Waals surface area contributed by atoms with Crippen LogP contribution in [0.25, 0.3) is 0 Å². The number of nitrogens with one attached hydrogen (secondary N) is 1. The highest BCUT2D eigenvalue weighted by Gasteiger charge is 2.26. The molecule has 1 aliphatic rings. The minimum Gasteiger partial charge on any atom is -0.497 e. The summed E-state index contributed by atoms with van der Waals surface area (Å²) >= 11 is 3.37. The number of aliphatic hydroxyl groups is 1. The number of hydrogen-bond donors (Lipinski definition) is 2. The van der Waals surface area contributed by atoms with Crippen LogP contribution in [0.5, 0.6) is 11.5 Å². The van der Waals surface area contributed by atoms with Crippen LogP contribution < -0.4 is 14.8 Å². The lowest BCUT2D eigenvalue weighted by Crippen LogP contribution is -2.45. The van der Waals surface area contributed by atoms with Gasteiger partial charge in [0.05, 0.1) is 36.4 Å². The number of ether oxygens (including phenoxy) is 2. The lowest BCUT2D eigenvalue weighted by molar-refractivity contribution is 0.0715. The van der Waals surface area contributed by atoms with Crippen molar-refractivity contribution in [2.24, 2.45) is 0 Å². The van der Waals surface area contributed by atoms with Gasteiger partial charge in [-0.25, -0.2) is 0 Å². The van der Waals surface area contributed by atoms with Crippen molar-refractivity contribution in [1.82, 2.24) is 5.32 Å². The number of carbonyl (C=O) groups is 1. The first-order chi connectivity index (χ1) is 10.1. The topological polar surface area (TPSA) is 67.8 Å². The van der Waals surface area contributed by atoms with Gasteiger partial charge in [-0.2, -0.15) is 0 Å². The van der Waals surface area contributed by atoms with E-state index in [2.05, 4.69) is 21.2 Å². The molecule has 1 amide bonds. The first-order valence-corrected chi connectivity index (χ1v) is 7.76. The summed E-state index contributed by atoms with van der Waals surface area (Å²) in [6, 6.07) is 3.17. The molecular formula is C15H20BrNO4. The van der Waals surface area contributed by atoms with Gasteiger partial charge in [0, 0.05) is 0 Å². The summed E-state index contributed by atoms with van der Waals surface area (Å²) in [5.41, 5.74) is 0.390. The monoisotopic (exact) mass is 357 g/mol. The number of carbonyl (C=O) groups excluding carboxylic acids is 1. The maximum absolute atomic E-state index is 12.5. The Hall–Kier alpha value is -1.27. The zero-order valence-corrected chi connectivity index (χ0v) is 13.8. The molecule has 21 heavy (non-hydrogen) atoms. The molecule has 1 saturated carbocycles. The Bertz CT molecular complexity index is 521. The highest BCUT2D eigenvalue weighted by atomic mass is 79.9. The van der Waals surface area contributed by atoms with Gasteiger partial charge in [0.25, 0.3) is 5.91 Å². The highest BCUT2D eigenvalue weighted by molar-refractivity contribution is 9.10. The van der Waals surface area contributed by atoms with Gasteiger partial charge in [-0.1, -0.05) is 12.8 Å². The molecule has 0 aromatic heterocycles. The van der Waals surface area contributed by atoms with Gasteiger partial charge in [0.2, 0.25) is 0 Å². The van der Waals surface area contributed by atoms with Crippen molar-refractivity contribution in [3.63, 3.8) is 0 Å². The van der Waals surface area contributed by atoms with Crippen molar-refractivity contribution >= 4 is 21.8 Å². The summed E-state index contributed by atoms with van der Waals surface area (Å²) < 4.78 is 11.1. The third kappa shape index (κ3) is 3.68. The molecule has 116 valence electrons. The lowest BCUT2D eigenvalue weighted by atomic mass is 9.92. The van der Waals surface area contributed by atoms with E-state index in [0.29, 0.717) is 21.5 Å². The molecule has 2 N–H and O–H groups in total. The van der Waals surface area contributed by atoms with Crippen LogP contribution in [0.4, 0.5) is 0 Å². The molecule has 1 aromatic rings. The predicted octanol–water partition coefficient (Wildman–Crippen LogP) is 2.50. The van der Waals surface area contributed by atoms with Crippen LogP contribution in [0.3, 0.4) is 0 Å². The van der Waals surface area contributed by atoms with E-state index in [4.69, 9.17) is 9.47 Å². The van der Waals surface area contributed by atoms with E-state index in [9.17, 15) is 9.90 Å². The van der Waals surface area contributed by atoms with E-state index in [-0.39, 0.29) is 11.9 Å².